The van der Waals surface area contributed by atoms with Crippen LogP contribution in [0.25, 0.3) is 0 Å². The molecule has 1 aliphatic carbocycles. The zero-order chi connectivity index (χ0) is 5.28. The van der Waals surface area contributed by atoms with Crippen LogP contribution in [0.15, 0.2) is 22.1 Å². The zero-order valence-electron chi connectivity index (χ0n) is 3.66. The van der Waals surface area contributed by atoms with Crippen LogP contribution in [0, 0.1) is 0 Å². The molecule has 0 fully saturated rings. The zero-order valence-corrected chi connectivity index (χ0v) is 5.40. The number of aliphatic hydroxyl groups excluding tert-OH is 1. The molecule has 0 spiro atoms. The van der Waals surface area contributed by atoms with E-state index in [0.29, 0.717) is 5.76 Å². The molecule has 1 rings (SSSR count). The molecule has 0 unspecified atom stereocenters. The summed E-state index contributed by atoms with van der Waals surface area (Å²) >= 11 is 2.39. The number of hydrogen-bond donors (Lipinski definition) is 1. The van der Waals surface area contributed by atoms with Gasteiger partial charge in [0, 0.05) is 0 Å². The van der Waals surface area contributed by atoms with Crippen molar-refractivity contribution >= 4 is 0 Å². The van der Waals surface area contributed by atoms with E-state index in [0.717, 1.165) is 10.6 Å². The molecule has 0 saturated carbocycles. The fourth-order valence-electron chi connectivity index (χ4n) is 0.464. The fraction of sp³-hybridized carbons (Fsp3) is 0.200. The normalized spacial score (nSPS) is 19.0. The van der Waals surface area contributed by atoms with Crippen LogP contribution in [0.2, 0.25) is 0 Å². The fourth-order valence-corrected chi connectivity index (χ4v) is 0.814. The number of allylic oxidation sites excluding steroid dienone is 3. The van der Waals surface area contributed by atoms with Crippen LogP contribution in [-0.2, 0) is 18.3 Å². The van der Waals surface area contributed by atoms with Crippen LogP contribution < -0.4 is 0 Å². The Kier molecular flexibility index (Phi) is 1.29. The topological polar surface area (TPSA) is 20.2 Å². The van der Waals surface area contributed by atoms with Crippen molar-refractivity contribution in [2.75, 3.05) is 0 Å². The summed E-state index contributed by atoms with van der Waals surface area (Å²) in [6.45, 7) is 0. The molecule has 39 valence electrons. The Morgan fingerprint density at radius 3 is 2.57 bits per heavy atom. The molecule has 0 bridgehead atoms. The maximum atomic E-state index is 8.77. The molecule has 7 heavy (non-hydrogen) atoms. The second-order valence-electron chi connectivity index (χ2n) is 1.38. The van der Waals surface area contributed by atoms with Crippen molar-refractivity contribution in [3.63, 3.8) is 0 Å². The molecule has 0 aromatic carbocycles. The van der Waals surface area contributed by atoms with E-state index in [4.69, 9.17) is 5.11 Å². The number of hydrogen-bond acceptors (Lipinski definition) is 1. The van der Waals surface area contributed by atoms with E-state index in [1.54, 1.807) is 6.08 Å². The Labute approximate surface area is 52.4 Å². The summed E-state index contributed by atoms with van der Waals surface area (Å²) in [6, 6.07) is 0. The monoisotopic (exact) mass is 183 g/mol. The Morgan fingerprint density at radius 1 is 1.71 bits per heavy atom. The van der Waals surface area contributed by atoms with Gasteiger partial charge in [0.15, 0.2) is 0 Å². The summed E-state index contributed by atoms with van der Waals surface area (Å²) in [5, 5.41) is 8.77. The van der Waals surface area contributed by atoms with Gasteiger partial charge in [0.2, 0.25) is 0 Å². The van der Waals surface area contributed by atoms with Crippen LogP contribution in [-0.4, -0.2) is 5.11 Å². The molecule has 0 aliphatic heterocycles. The molecule has 0 radical (unpaired) electrons. The van der Waals surface area contributed by atoms with Crippen LogP contribution in [0.4, 0.5) is 0 Å². The molecule has 0 aromatic rings. The van der Waals surface area contributed by atoms with Gasteiger partial charge in [-0.05, 0) is 0 Å². The average molecular weight is 182 g/mol. The molecule has 0 amide bonds. The van der Waals surface area contributed by atoms with Crippen LogP contribution in [0.1, 0.15) is 6.42 Å². The van der Waals surface area contributed by atoms with Crippen LogP contribution >= 0.6 is 0 Å². The molecule has 0 heterocycles. The van der Waals surface area contributed by atoms with E-state index in [2.05, 4.69) is 18.3 Å². The van der Waals surface area contributed by atoms with Crippen molar-refractivity contribution in [3.8, 4) is 0 Å². The Bertz CT molecular complexity index is 135. The molecule has 1 N–H and O–H groups in total. The van der Waals surface area contributed by atoms with Gasteiger partial charge in [-0.1, -0.05) is 0 Å². The van der Waals surface area contributed by atoms with Gasteiger partial charge in [-0.2, -0.15) is 0 Å². The van der Waals surface area contributed by atoms with Gasteiger partial charge < -0.3 is 0 Å². The van der Waals surface area contributed by atoms with Gasteiger partial charge in [-0.25, -0.2) is 0 Å². The first-order valence-corrected chi connectivity index (χ1v) is 2.90. The number of rotatable bonds is 0. The summed E-state index contributed by atoms with van der Waals surface area (Å²) in [7, 11) is 0. The third-order valence-electron chi connectivity index (χ3n) is 0.839. The molecule has 0 aromatic heterocycles. The van der Waals surface area contributed by atoms with Gasteiger partial charge in [-0.3, -0.25) is 0 Å². The van der Waals surface area contributed by atoms with E-state index < -0.39 is 0 Å². The minimum atomic E-state index is 0.413. The van der Waals surface area contributed by atoms with Gasteiger partial charge >= 0.3 is 51.9 Å². The Hall–Kier alpha value is -0.0966. The molecule has 0 saturated heterocycles. The molecular weight excluding hydrogens is 177 g/mol. The maximum absolute atomic E-state index is 8.77. The Morgan fingerprint density at radius 2 is 2.43 bits per heavy atom. The standard InChI is InChI=1S/C5H5O.Ru/c6-5-3-1-2-4-5;/h1,3,6H,2H2;. The van der Waals surface area contributed by atoms with E-state index in [-0.39, 0.29) is 0 Å². The molecule has 1 aliphatic rings. The van der Waals surface area contributed by atoms with Gasteiger partial charge in [0.1, 0.15) is 0 Å². The molecule has 1 nitrogen and oxygen atoms in total. The summed E-state index contributed by atoms with van der Waals surface area (Å²) in [5.74, 6) is 0.413. The minimum absolute atomic E-state index is 0.413. The third kappa shape index (κ3) is 0.917. The van der Waals surface area contributed by atoms with E-state index in [1.807, 2.05) is 6.08 Å². The first kappa shape index (κ1) is 5.05. The molecule has 0 atom stereocenters. The predicted molar refractivity (Wildman–Crippen MR) is 23.4 cm³/mol. The summed E-state index contributed by atoms with van der Waals surface area (Å²) in [6.07, 6.45) is 4.54. The van der Waals surface area contributed by atoms with Gasteiger partial charge in [0.25, 0.3) is 0 Å². The second-order valence-corrected chi connectivity index (χ2v) is 2.43. The van der Waals surface area contributed by atoms with Crippen LogP contribution in [0.3, 0.4) is 0 Å². The van der Waals surface area contributed by atoms with Gasteiger partial charge in [-0.15, -0.1) is 0 Å². The van der Waals surface area contributed by atoms with Crippen molar-refractivity contribution in [3.05, 3.63) is 22.1 Å². The first-order valence-electron chi connectivity index (χ1n) is 2.03. The summed E-state index contributed by atoms with van der Waals surface area (Å²) in [4.78, 5) is 0. The SMILES string of the molecule is OC1=[C]([Ru])CC=C1. The van der Waals surface area contributed by atoms with Crippen molar-refractivity contribution in [1.29, 1.82) is 0 Å². The summed E-state index contributed by atoms with van der Waals surface area (Å²) < 4.78 is 0.999. The molecular formula is C5H5ORu. The van der Waals surface area contributed by atoms with E-state index in [1.165, 1.54) is 0 Å². The third-order valence-corrected chi connectivity index (χ3v) is 1.64. The van der Waals surface area contributed by atoms with E-state index >= 15 is 0 Å². The van der Waals surface area contributed by atoms with Crippen molar-refractivity contribution < 1.29 is 23.4 Å². The first-order chi connectivity index (χ1) is 3.30. The number of aliphatic hydroxyl groups is 1. The van der Waals surface area contributed by atoms with E-state index in [9.17, 15) is 0 Å². The quantitative estimate of drug-likeness (QED) is 0.559. The van der Waals surface area contributed by atoms with Crippen LogP contribution in [0.5, 0.6) is 0 Å². The van der Waals surface area contributed by atoms with Crippen molar-refractivity contribution in [2.45, 2.75) is 6.42 Å². The van der Waals surface area contributed by atoms with Crippen molar-refractivity contribution in [2.24, 2.45) is 0 Å². The average Bonchev–Trinajstić information content (AvgIpc) is 1.91. The molecule has 2 heteroatoms. The van der Waals surface area contributed by atoms with Gasteiger partial charge in [0.05, 0.1) is 0 Å². The second kappa shape index (κ2) is 1.79. The Balaban J connectivity index is 2.79. The predicted octanol–water partition coefficient (Wildman–Crippen LogP) is 1.26. The summed E-state index contributed by atoms with van der Waals surface area (Å²) in [5.41, 5.74) is 0. The van der Waals surface area contributed by atoms with Crippen molar-refractivity contribution in [1.82, 2.24) is 0 Å².